The first-order valence-electron chi connectivity index (χ1n) is 9.57. The van der Waals surface area contributed by atoms with Crippen molar-refractivity contribution < 1.29 is 4.74 Å². The Kier molecular flexibility index (Phi) is 6.68. The second-order valence-corrected chi connectivity index (χ2v) is 7.83. The third kappa shape index (κ3) is 5.66. The molecule has 2 aliphatic rings. The molecule has 3 rings (SSSR count). The number of hydrogen-bond acceptors (Lipinski definition) is 3. The average molecular weight is 362 g/mol. The topological polar surface area (TPSA) is 27.7 Å². The summed E-state index contributed by atoms with van der Waals surface area (Å²) in [6.07, 6.45) is 2.52. The van der Waals surface area contributed by atoms with Gasteiger partial charge in [-0.3, -0.25) is 4.90 Å². The molecule has 0 atom stereocenters. The Morgan fingerprint density at radius 2 is 1.92 bits per heavy atom. The summed E-state index contributed by atoms with van der Waals surface area (Å²) in [7, 11) is 0. The van der Waals surface area contributed by atoms with E-state index in [0.29, 0.717) is 12.0 Å². The summed E-state index contributed by atoms with van der Waals surface area (Å²) in [6, 6.07) is 9.62. The van der Waals surface area contributed by atoms with Gasteiger partial charge in [-0.25, -0.2) is 0 Å². The van der Waals surface area contributed by atoms with Gasteiger partial charge in [0.2, 0.25) is 0 Å². The van der Waals surface area contributed by atoms with E-state index in [1.807, 2.05) is 0 Å². The van der Waals surface area contributed by atoms with Gasteiger partial charge < -0.3 is 15.0 Å². The van der Waals surface area contributed by atoms with Crippen molar-refractivity contribution in [3.8, 4) is 0 Å². The van der Waals surface area contributed by atoms with E-state index < -0.39 is 0 Å². The molecule has 1 saturated carbocycles. The summed E-state index contributed by atoms with van der Waals surface area (Å²) >= 11 is 5.70. The average Bonchev–Trinajstić information content (AvgIpc) is 3.46. The molecule has 2 fully saturated rings. The molecule has 1 N–H and O–H groups in total. The SMILES string of the molecule is CC(C)c1ccc(CN(C(=S)NCCN2CCOCC2)C2CC2)cc1. The van der Waals surface area contributed by atoms with Gasteiger partial charge in [-0.05, 0) is 42.1 Å². The van der Waals surface area contributed by atoms with Crippen molar-refractivity contribution in [1.82, 2.24) is 15.1 Å². The minimum absolute atomic E-state index is 0.580. The van der Waals surface area contributed by atoms with Crippen LogP contribution in [0.4, 0.5) is 0 Å². The van der Waals surface area contributed by atoms with Crippen molar-refractivity contribution in [3.63, 3.8) is 0 Å². The fourth-order valence-corrected chi connectivity index (χ4v) is 3.52. The Bertz CT molecular complexity index is 551. The van der Waals surface area contributed by atoms with Gasteiger partial charge in [0.15, 0.2) is 5.11 Å². The zero-order valence-electron chi connectivity index (χ0n) is 15.5. The number of thiocarbonyl (C=S) groups is 1. The van der Waals surface area contributed by atoms with Gasteiger partial charge in [-0.1, -0.05) is 38.1 Å². The summed E-state index contributed by atoms with van der Waals surface area (Å²) < 4.78 is 5.40. The Morgan fingerprint density at radius 1 is 1.24 bits per heavy atom. The molecule has 1 heterocycles. The molecule has 0 spiro atoms. The zero-order chi connectivity index (χ0) is 17.6. The summed E-state index contributed by atoms with van der Waals surface area (Å²) in [5, 5.41) is 4.38. The second kappa shape index (κ2) is 8.97. The first kappa shape index (κ1) is 18.6. The highest BCUT2D eigenvalue weighted by Crippen LogP contribution is 2.28. The molecule has 1 aliphatic carbocycles. The molecule has 1 aromatic carbocycles. The number of nitrogens with zero attached hydrogens (tertiary/aromatic N) is 2. The van der Waals surface area contributed by atoms with Crippen LogP contribution in [0, 0.1) is 0 Å². The van der Waals surface area contributed by atoms with Crippen molar-refractivity contribution in [2.45, 2.75) is 45.2 Å². The third-order valence-electron chi connectivity index (χ3n) is 5.06. The number of morpholine rings is 1. The zero-order valence-corrected chi connectivity index (χ0v) is 16.4. The number of hydrogen-bond donors (Lipinski definition) is 1. The van der Waals surface area contributed by atoms with E-state index >= 15 is 0 Å². The Morgan fingerprint density at radius 3 is 2.52 bits per heavy atom. The number of benzene rings is 1. The largest absolute Gasteiger partial charge is 0.379 e. The van der Waals surface area contributed by atoms with Crippen LogP contribution in [0.3, 0.4) is 0 Å². The monoisotopic (exact) mass is 361 g/mol. The molecule has 0 amide bonds. The first-order valence-corrected chi connectivity index (χ1v) is 9.97. The Hall–Kier alpha value is -1.17. The summed E-state index contributed by atoms with van der Waals surface area (Å²) in [5.41, 5.74) is 2.74. The smallest absolute Gasteiger partial charge is 0.169 e. The standard InChI is InChI=1S/C20H31N3OS/c1-16(2)18-5-3-17(4-6-18)15-23(19-7-8-19)20(25)21-9-10-22-11-13-24-14-12-22/h3-6,16,19H,7-15H2,1-2H3,(H,21,25). The van der Waals surface area contributed by atoms with E-state index in [0.717, 1.165) is 51.0 Å². The van der Waals surface area contributed by atoms with Crippen LogP contribution in [-0.2, 0) is 11.3 Å². The molecular weight excluding hydrogens is 330 g/mol. The minimum Gasteiger partial charge on any atom is -0.379 e. The highest BCUT2D eigenvalue weighted by molar-refractivity contribution is 7.80. The van der Waals surface area contributed by atoms with Crippen molar-refractivity contribution in [2.24, 2.45) is 0 Å². The van der Waals surface area contributed by atoms with E-state index in [9.17, 15) is 0 Å². The Labute approximate surface area is 157 Å². The molecule has 5 heteroatoms. The van der Waals surface area contributed by atoms with Crippen molar-refractivity contribution in [1.29, 1.82) is 0 Å². The molecule has 25 heavy (non-hydrogen) atoms. The predicted octanol–water partition coefficient (Wildman–Crippen LogP) is 2.98. The van der Waals surface area contributed by atoms with E-state index in [-0.39, 0.29) is 0 Å². The number of rotatable bonds is 7. The quantitative estimate of drug-likeness (QED) is 0.754. The lowest BCUT2D eigenvalue weighted by atomic mass is 10.0. The fraction of sp³-hybridized carbons (Fsp3) is 0.650. The number of ether oxygens (including phenoxy) is 1. The summed E-state index contributed by atoms with van der Waals surface area (Å²) in [4.78, 5) is 4.81. The van der Waals surface area contributed by atoms with Gasteiger partial charge in [-0.2, -0.15) is 0 Å². The van der Waals surface area contributed by atoms with Crippen molar-refractivity contribution >= 4 is 17.3 Å². The van der Waals surface area contributed by atoms with Crippen LogP contribution >= 0.6 is 12.2 Å². The van der Waals surface area contributed by atoms with E-state index in [2.05, 4.69) is 53.2 Å². The summed E-state index contributed by atoms with van der Waals surface area (Å²) in [5.74, 6) is 0.580. The predicted molar refractivity (Wildman–Crippen MR) is 107 cm³/mol. The van der Waals surface area contributed by atoms with Crippen LogP contribution in [0.2, 0.25) is 0 Å². The molecule has 1 aromatic rings. The normalized spacial score (nSPS) is 18.4. The van der Waals surface area contributed by atoms with Crippen LogP contribution in [0.1, 0.15) is 43.7 Å². The Balaban J connectivity index is 1.49. The molecule has 0 radical (unpaired) electrons. The molecule has 138 valence electrons. The van der Waals surface area contributed by atoms with E-state index in [1.165, 1.54) is 24.0 Å². The van der Waals surface area contributed by atoms with Crippen LogP contribution in [0.15, 0.2) is 24.3 Å². The van der Waals surface area contributed by atoms with Gasteiger partial charge >= 0.3 is 0 Å². The van der Waals surface area contributed by atoms with Crippen LogP contribution < -0.4 is 5.32 Å². The maximum atomic E-state index is 5.70. The third-order valence-corrected chi connectivity index (χ3v) is 5.43. The van der Waals surface area contributed by atoms with Crippen LogP contribution in [0.5, 0.6) is 0 Å². The van der Waals surface area contributed by atoms with Gasteiger partial charge in [-0.15, -0.1) is 0 Å². The maximum Gasteiger partial charge on any atom is 0.169 e. The van der Waals surface area contributed by atoms with Gasteiger partial charge in [0, 0.05) is 38.8 Å². The number of nitrogens with one attached hydrogen (secondary N) is 1. The fourth-order valence-electron chi connectivity index (χ4n) is 3.20. The molecule has 1 aliphatic heterocycles. The van der Waals surface area contributed by atoms with E-state index in [1.54, 1.807) is 0 Å². The van der Waals surface area contributed by atoms with Gasteiger partial charge in [0.25, 0.3) is 0 Å². The van der Waals surface area contributed by atoms with Crippen LogP contribution in [0.25, 0.3) is 0 Å². The van der Waals surface area contributed by atoms with Gasteiger partial charge in [0.05, 0.1) is 13.2 Å². The van der Waals surface area contributed by atoms with Crippen molar-refractivity contribution in [3.05, 3.63) is 35.4 Å². The molecule has 4 nitrogen and oxygen atoms in total. The molecule has 0 aromatic heterocycles. The lowest BCUT2D eigenvalue weighted by Crippen LogP contribution is -2.45. The minimum atomic E-state index is 0.580. The lowest BCUT2D eigenvalue weighted by Gasteiger charge is -2.29. The highest BCUT2D eigenvalue weighted by Gasteiger charge is 2.30. The second-order valence-electron chi connectivity index (χ2n) is 7.44. The lowest BCUT2D eigenvalue weighted by molar-refractivity contribution is 0.0388. The summed E-state index contributed by atoms with van der Waals surface area (Å²) in [6.45, 7) is 11.1. The molecule has 1 saturated heterocycles. The molecule has 0 unspecified atom stereocenters. The van der Waals surface area contributed by atoms with E-state index in [4.69, 9.17) is 17.0 Å². The van der Waals surface area contributed by atoms with Crippen molar-refractivity contribution in [2.75, 3.05) is 39.4 Å². The first-order chi connectivity index (χ1) is 12.1. The van der Waals surface area contributed by atoms with Gasteiger partial charge in [0.1, 0.15) is 0 Å². The van der Waals surface area contributed by atoms with Crippen LogP contribution in [-0.4, -0.2) is 60.3 Å². The highest BCUT2D eigenvalue weighted by atomic mass is 32.1. The molecule has 0 bridgehead atoms. The molecular formula is C20H31N3OS. The maximum absolute atomic E-state index is 5.70.